The lowest BCUT2D eigenvalue weighted by molar-refractivity contribution is -0.526. The van der Waals surface area contributed by atoms with Gasteiger partial charge in [-0.15, -0.1) is 0 Å². The van der Waals surface area contributed by atoms with Crippen LogP contribution in [0.2, 0.25) is 0 Å². The molecule has 0 radical (unpaired) electrons. The molecule has 1 aliphatic carbocycles. The summed E-state index contributed by atoms with van der Waals surface area (Å²) in [5.74, 6) is 0.170. The molecule has 0 N–H and O–H groups in total. The van der Waals surface area contributed by atoms with Gasteiger partial charge in [0, 0.05) is 36.4 Å². The van der Waals surface area contributed by atoms with Crippen LogP contribution >= 0.6 is 0 Å². The van der Waals surface area contributed by atoms with Crippen LogP contribution in [0, 0.1) is 27.4 Å². The van der Waals surface area contributed by atoms with E-state index in [-0.39, 0.29) is 23.2 Å². The van der Waals surface area contributed by atoms with Gasteiger partial charge in [-0.3, -0.25) is 15.0 Å². The monoisotopic (exact) mass is 333 g/mol. The number of ether oxygens (including phenoxy) is 1. The van der Waals surface area contributed by atoms with Crippen LogP contribution < -0.4 is 0 Å². The van der Waals surface area contributed by atoms with Crippen LogP contribution in [-0.4, -0.2) is 41.3 Å². The van der Waals surface area contributed by atoms with Crippen molar-refractivity contribution in [1.29, 1.82) is 5.26 Å². The molecule has 2 aliphatic heterocycles. The minimum atomic E-state index is -0.424. The maximum Gasteiger partial charge on any atom is 0.213 e. The molecule has 0 aromatic heterocycles. The first-order valence-corrected chi connectivity index (χ1v) is 9.32. The van der Waals surface area contributed by atoms with Crippen molar-refractivity contribution in [3.63, 3.8) is 0 Å². The highest BCUT2D eigenvalue weighted by atomic mass is 16.6. The molecule has 6 heteroatoms. The van der Waals surface area contributed by atoms with E-state index in [1.54, 1.807) is 0 Å². The number of likely N-dealkylation sites (tertiary alicyclic amines) is 1. The Morgan fingerprint density at radius 3 is 2.46 bits per heavy atom. The molecule has 0 spiro atoms. The summed E-state index contributed by atoms with van der Waals surface area (Å²) in [5.41, 5.74) is 0.779. The van der Waals surface area contributed by atoms with Crippen LogP contribution in [0.1, 0.15) is 57.8 Å². The zero-order chi connectivity index (χ0) is 16.9. The molecule has 24 heavy (non-hydrogen) atoms. The molecule has 3 aliphatic rings. The zero-order valence-corrected chi connectivity index (χ0v) is 14.2. The number of hydrogen-bond donors (Lipinski definition) is 0. The highest BCUT2D eigenvalue weighted by Crippen LogP contribution is 2.33. The average Bonchev–Trinajstić information content (AvgIpc) is 3.09. The van der Waals surface area contributed by atoms with Crippen molar-refractivity contribution in [2.45, 2.75) is 76.2 Å². The van der Waals surface area contributed by atoms with Gasteiger partial charge in [0.25, 0.3) is 0 Å². The molecule has 2 unspecified atom stereocenters. The molecule has 3 rings (SSSR count). The van der Waals surface area contributed by atoms with Crippen molar-refractivity contribution in [3.8, 4) is 6.07 Å². The first-order chi connectivity index (χ1) is 11.7. The third-order valence-corrected chi connectivity index (χ3v) is 5.76. The summed E-state index contributed by atoms with van der Waals surface area (Å²) in [6.45, 7) is 2.24. The Kier molecular flexibility index (Phi) is 5.85. The zero-order valence-electron chi connectivity index (χ0n) is 14.2. The van der Waals surface area contributed by atoms with Gasteiger partial charge in [-0.25, -0.2) is 0 Å². The molecule has 0 amide bonds. The molecule has 0 aromatic carbocycles. The fraction of sp³-hybridized carbons (Fsp3) is 0.833. The van der Waals surface area contributed by atoms with E-state index >= 15 is 0 Å². The fourth-order valence-corrected chi connectivity index (χ4v) is 4.30. The maximum absolute atomic E-state index is 10.9. The standard InChI is InChI=1S/C18H27N3O3/c19-13-15(14-4-6-16(7-5-14)21(22)23)12-17-8-9-18(24-17)20-10-2-1-3-11-20/h12,14,16-18H,1-11H2/b15-12-. The smallest absolute Gasteiger partial charge is 0.213 e. The van der Waals surface area contributed by atoms with Crippen LogP contribution in [0.5, 0.6) is 0 Å². The number of hydrogen-bond acceptors (Lipinski definition) is 5. The Hall–Kier alpha value is -1.45. The first kappa shape index (κ1) is 17.4. The summed E-state index contributed by atoms with van der Waals surface area (Å²) < 4.78 is 6.17. The van der Waals surface area contributed by atoms with Crippen LogP contribution in [-0.2, 0) is 4.74 Å². The second-order valence-electron chi connectivity index (χ2n) is 7.33. The molecular weight excluding hydrogens is 306 g/mol. The topological polar surface area (TPSA) is 79.4 Å². The highest BCUT2D eigenvalue weighted by molar-refractivity contribution is 5.26. The van der Waals surface area contributed by atoms with Gasteiger partial charge in [0.15, 0.2) is 0 Å². The fourth-order valence-electron chi connectivity index (χ4n) is 4.30. The number of nitrogens with zero attached hydrogens (tertiary/aromatic N) is 3. The van der Waals surface area contributed by atoms with Crippen LogP contribution in [0.3, 0.4) is 0 Å². The SMILES string of the molecule is N#C/C(=C/C1CCC(N2CCCCC2)O1)C1CCC([N+](=O)[O-])CC1. The lowest BCUT2D eigenvalue weighted by Gasteiger charge is -2.31. The molecule has 132 valence electrons. The normalized spacial score (nSPS) is 35.5. The second kappa shape index (κ2) is 8.09. The van der Waals surface area contributed by atoms with E-state index in [2.05, 4.69) is 11.0 Å². The number of nitriles is 1. The van der Waals surface area contributed by atoms with Gasteiger partial charge >= 0.3 is 0 Å². The summed E-state index contributed by atoms with van der Waals surface area (Å²) in [6.07, 6.45) is 10.7. The summed E-state index contributed by atoms with van der Waals surface area (Å²) >= 11 is 0. The minimum Gasteiger partial charge on any atom is -0.356 e. The van der Waals surface area contributed by atoms with E-state index < -0.39 is 6.04 Å². The lowest BCUT2D eigenvalue weighted by atomic mass is 9.81. The van der Waals surface area contributed by atoms with Crippen molar-refractivity contribution < 1.29 is 9.66 Å². The van der Waals surface area contributed by atoms with Gasteiger partial charge in [0.05, 0.1) is 12.2 Å². The van der Waals surface area contributed by atoms with Crippen molar-refractivity contribution in [2.75, 3.05) is 13.1 Å². The summed E-state index contributed by atoms with van der Waals surface area (Å²) in [5, 5.41) is 20.4. The Morgan fingerprint density at radius 1 is 1.12 bits per heavy atom. The molecule has 6 nitrogen and oxygen atoms in total. The van der Waals surface area contributed by atoms with Gasteiger partial charge in [0.2, 0.25) is 6.04 Å². The molecule has 0 bridgehead atoms. The van der Waals surface area contributed by atoms with Gasteiger partial charge in [0.1, 0.15) is 6.23 Å². The van der Waals surface area contributed by atoms with Gasteiger partial charge < -0.3 is 4.74 Å². The average molecular weight is 333 g/mol. The van der Waals surface area contributed by atoms with E-state index in [9.17, 15) is 15.4 Å². The molecule has 2 heterocycles. The van der Waals surface area contributed by atoms with Crippen molar-refractivity contribution in [3.05, 3.63) is 21.8 Å². The predicted molar refractivity (Wildman–Crippen MR) is 89.8 cm³/mol. The largest absolute Gasteiger partial charge is 0.356 e. The number of allylic oxidation sites excluding steroid dienone is 1. The van der Waals surface area contributed by atoms with Gasteiger partial charge in [-0.2, -0.15) is 5.26 Å². The van der Waals surface area contributed by atoms with Crippen LogP contribution in [0.4, 0.5) is 0 Å². The molecular formula is C18H27N3O3. The number of rotatable bonds is 4. The van der Waals surface area contributed by atoms with Crippen molar-refractivity contribution in [1.82, 2.24) is 4.90 Å². The van der Waals surface area contributed by atoms with Gasteiger partial charge in [-0.1, -0.05) is 6.42 Å². The van der Waals surface area contributed by atoms with Gasteiger partial charge in [-0.05, 0) is 50.5 Å². The van der Waals surface area contributed by atoms with E-state index in [1.165, 1.54) is 19.3 Å². The molecule has 3 fully saturated rings. The van der Waals surface area contributed by atoms with Crippen molar-refractivity contribution >= 4 is 0 Å². The molecule has 1 saturated carbocycles. The molecule has 0 aromatic rings. The maximum atomic E-state index is 10.9. The third-order valence-electron chi connectivity index (χ3n) is 5.76. The molecule has 2 atom stereocenters. The van der Waals surface area contributed by atoms with E-state index in [4.69, 9.17) is 4.74 Å². The van der Waals surface area contributed by atoms with E-state index in [0.29, 0.717) is 12.8 Å². The van der Waals surface area contributed by atoms with E-state index in [1.807, 2.05) is 6.08 Å². The Morgan fingerprint density at radius 2 is 1.83 bits per heavy atom. The summed E-state index contributed by atoms with van der Waals surface area (Å²) in [6, 6.07) is 1.91. The highest BCUT2D eigenvalue weighted by Gasteiger charge is 2.33. The third kappa shape index (κ3) is 4.14. The molecule has 2 saturated heterocycles. The van der Waals surface area contributed by atoms with Crippen molar-refractivity contribution in [2.24, 2.45) is 5.92 Å². The summed E-state index contributed by atoms with van der Waals surface area (Å²) in [7, 11) is 0. The second-order valence-corrected chi connectivity index (χ2v) is 7.33. The number of nitro groups is 1. The Labute approximate surface area is 143 Å². The summed E-state index contributed by atoms with van der Waals surface area (Å²) in [4.78, 5) is 13.1. The van der Waals surface area contributed by atoms with Crippen LogP contribution in [0.25, 0.3) is 0 Å². The Bertz CT molecular complexity index is 514. The predicted octanol–water partition coefficient (Wildman–Crippen LogP) is 3.26. The first-order valence-electron chi connectivity index (χ1n) is 9.32. The van der Waals surface area contributed by atoms with Crippen LogP contribution in [0.15, 0.2) is 11.6 Å². The minimum absolute atomic E-state index is 0.0276. The lowest BCUT2D eigenvalue weighted by Crippen LogP contribution is -2.39. The van der Waals surface area contributed by atoms with E-state index in [0.717, 1.165) is 44.3 Å². The quantitative estimate of drug-likeness (QED) is 0.448. The Balaban J connectivity index is 1.54. The number of piperidine rings is 1.